The smallest absolute Gasteiger partial charge is 0.340 e. The number of pyridine rings is 1. The third-order valence-electron chi connectivity index (χ3n) is 5.04. The Morgan fingerprint density at radius 2 is 1.90 bits per heavy atom. The highest BCUT2D eigenvalue weighted by atomic mass is 19.1. The van der Waals surface area contributed by atoms with Crippen molar-refractivity contribution in [2.24, 2.45) is 12.8 Å². The van der Waals surface area contributed by atoms with Crippen LogP contribution in [0.2, 0.25) is 0 Å². The molecular formula is C22H19FN2O4. The molecule has 2 N–H and O–H groups in total. The predicted molar refractivity (Wildman–Crippen MR) is 106 cm³/mol. The van der Waals surface area contributed by atoms with Gasteiger partial charge in [0.05, 0.1) is 23.6 Å². The molecule has 0 aliphatic carbocycles. The van der Waals surface area contributed by atoms with E-state index in [4.69, 9.17) is 15.2 Å². The standard InChI is InChI=1S/C22H19FN2O4/c1-3-28-22(27)18-16(12-8-10-13(23)11-9-12)17-19(29-20(18)24)14-6-4-5-7-15(14)25(2)21(17)26/h4-11,16H,3,24H2,1-2H3. The SMILES string of the molecule is CCOC(=O)C1=C(N)Oc2c(c(=O)n(C)c3ccccc23)C1c1ccc(F)cc1. The van der Waals surface area contributed by atoms with Gasteiger partial charge in [-0.05, 0) is 36.8 Å². The first-order chi connectivity index (χ1) is 13.9. The summed E-state index contributed by atoms with van der Waals surface area (Å²) in [6.45, 7) is 1.81. The summed E-state index contributed by atoms with van der Waals surface area (Å²) >= 11 is 0. The monoisotopic (exact) mass is 394 g/mol. The number of ether oxygens (including phenoxy) is 2. The molecule has 4 rings (SSSR count). The fourth-order valence-corrected chi connectivity index (χ4v) is 3.72. The molecule has 3 aromatic rings. The van der Waals surface area contributed by atoms with Crippen molar-refractivity contribution in [3.8, 4) is 5.75 Å². The third kappa shape index (κ3) is 2.95. The summed E-state index contributed by atoms with van der Waals surface area (Å²) < 4.78 is 26.0. The van der Waals surface area contributed by atoms with Crippen LogP contribution in [-0.2, 0) is 16.6 Å². The van der Waals surface area contributed by atoms with Crippen molar-refractivity contribution in [1.29, 1.82) is 0 Å². The van der Waals surface area contributed by atoms with Crippen molar-refractivity contribution in [1.82, 2.24) is 4.57 Å². The molecule has 2 heterocycles. The number of fused-ring (bicyclic) bond motifs is 3. The van der Waals surface area contributed by atoms with E-state index in [9.17, 15) is 14.0 Å². The van der Waals surface area contributed by atoms with Gasteiger partial charge in [-0.15, -0.1) is 0 Å². The van der Waals surface area contributed by atoms with Crippen molar-refractivity contribution >= 4 is 16.9 Å². The van der Waals surface area contributed by atoms with E-state index in [2.05, 4.69) is 0 Å². The van der Waals surface area contributed by atoms with E-state index in [-0.39, 0.29) is 29.2 Å². The van der Waals surface area contributed by atoms with Crippen LogP contribution in [0.15, 0.2) is 64.8 Å². The molecule has 2 aromatic carbocycles. The molecule has 0 bridgehead atoms. The zero-order valence-corrected chi connectivity index (χ0v) is 15.9. The van der Waals surface area contributed by atoms with Gasteiger partial charge >= 0.3 is 5.97 Å². The number of aromatic nitrogens is 1. The second-order valence-electron chi connectivity index (χ2n) is 6.71. The summed E-state index contributed by atoms with van der Waals surface area (Å²) in [5, 5.41) is 0.683. The second kappa shape index (κ2) is 7.09. The highest BCUT2D eigenvalue weighted by molar-refractivity contribution is 5.95. The van der Waals surface area contributed by atoms with Crippen LogP contribution >= 0.6 is 0 Å². The summed E-state index contributed by atoms with van der Waals surface area (Å²) in [5.74, 6) is -1.80. The molecule has 0 saturated heterocycles. The van der Waals surface area contributed by atoms with Crippen LogP contribution in [0.1, 0.15) is 24.0 Å². The minimum atomic E-state index is -0.846. The Morgan fingerprint density at radius 3 is 2.59 bits per heavy atom. The average Bonchev–Trinajstić information content (AvgIpc) is 2.72. The number of hydrogen-bond acceptors (Lipinski definition) is 5. The van der Waals surface area contributed by atoms with Crippen LogP contribution in [0.4, 0.5) is 4.39 Å². The maximum absolute atomic E-state index is 13.5. The van der Waals surface area contributed by atoms with Gasteiger partial charge in [0.15, 0.2) is 0 Å². The predicted octanol–water partition coefficient (Wildman–Crippen LogP) is 2.94. The molecular weight excluding hydrogens is 375 g/mol. The normalized spacial score (nSPS) is 15.8. The van der Waals surface area contributed by atoms with Gasteiger partial charge < -0.3 is 19.8 Å². The number of carbonyl (C=O) groups excluding carboxylic acids is 1. The number of halogens is 1. The van der Waals surface area contributed by atoms with Gasteiger partial charge in [0.25, 0.3) is 5.56 Å². The average molecular weight is 394 g/mol. The van der Waals surface area contributed by atoms with E-state index < -0.39 is 17.7 Å². The maximum Gasteiger partial charge on any atom is 0.340 e. The highest BCUT2D eigenvalue weighted by Crippen LogP contribution is 2.43. The van der Waals surface area contributed by atoms with Gasteiger partial charge in [-0.3, -0.25) is 4.79 Å². The Balaban J connectivity index is 2.08. The van der Waals surface area contributed by atoms with Crippen molar-refractivity contribution < 1.29 is 18.7 Å². The molecule has 0 spiro atoms. The number of para-hydroxylation sites is 1. The number of nitrogens with zero attached hydrogens (tertiary/aromatic N) is 1. The van der Waals surface area contributed by atoms with Gasteiger partial charge in [0.1, 0.15) is 17.1 Å². The Hall–Kier alpha value is -3.61. The molecule has 7 heteroatoms. The summed E-state index contributed by atoms with van der Waals surface area (Å²) in [5.41, 5.74) is 7.29. The molecule has 1 aliphatic heterocycles. The molecule has 148 valence electrons. The molecule has 29 heavy (non-hydrogen) atoms. The van der Waals surface area contributed by atoms with E-state index >= 15 is 0 Å². The maximum atomic E-state index is 13.5. The first-order valence-electron chi connectivity index (χ1n) is 9.15. The van der Waals surface area contributed by atoms with E-state index in [1.165, 1.54) is 28.8 Å². The lowest BCUT2D eigenvalue weighted by molar-refractivity contribution is -0.139. The summed E-state index contributed by atoms with van der Waals surface area (Å²) in [7, 11) is 1.65. The molecule has 0 saturated carbocycles. The van der Waals surface area contributed by atoms with E-state index in [1.54, 1.807) is 20.0 Å². The Kier molecular flexibility index (Phi) is 4.58. The zero-order valence-electron chi connectivity index (χ0n) is 15.9. The largest absolute Gasteiger partial charge is 0.462 e. The van der Waals surface area contributed by atoms with Crippen molar-refractivity contribution in [3.63, 3.8) is 0 Å². The van der Waals surface area contributed by atoms with Crippen LogP contribution in [0.5, 0.6) is 5.75 Å². The second-order valence-corrected chi connectivity index (χ2v) is 6.71. The van der Waals surface area contributed by atoms with Gasteiger partial charge in [-0.25, -0.2) is 9.18 Å². The quantitative estimate of drug-likeness (QED) is 0.691. The van der Waals surface area contributed by atoms with Gasteiger partial charge in [0, 0.05) is 12.4 Å². The number of rotatable bonds is 3. The lowest BCUT2D eigenvalue weighted by atomic mass is 9.83. The Bertz CT molecular complexity index is 1210. The first kappa shape index (κ1) is 18.7. The number of benzene rings is 2. The van der Waals surface area contributed by atoms with Crippen LogP contribution in [0.3, 0.4) is 0 Å². The molecule has 0 radical (unpaired) electrons. The highest BCUT2D eigenvalue weighted by Gasteiger charge is 2.39. The van der Waals surface area contributed by atoms with Crippen LogP contribution in [0, 0.1) is 5.82 Å². The fourth-order valence-electron chi connectivity index (χ4n) is 3.72. The Morgan fingerprint density at radius 1 is 1.21 bits per heavy atom. The van der Waals surface area contributed by atoms with Crippen LogP contribution in [0.25, 0.3) is 10.9 Å². The molecule has 0 fully saturated rings. The number of aryl methyl sites for hydroxylation is 1. The van der Waals surface area contributed by atoms with Crippen LogP contribution < -0.4 is 16.0 Å². The molecule has 1 aromatic heterocycles. The number of carbonyl (C=O) groups is 1. The fraction of sp³-hybridized carbons (Fsp3) is 0.182. The molecule has 0 amide bonds. The summed E-state index contributed by atoms with van der Waals surface area (Å²) in [6.07, 6.45) is 0. The lowest BCUT2D eigenvalue weighted by Crippen LogP contribution is -2.34. The summed E-state index contributed by atoms with van der Waals surface area (Å²) in [4.78, 5) is 26.0. The number of hydrogen-bond donors (Lipinski definition) is 1. The topological polar surface area (TPSA) is 83.6 Å². The van der Waals surface area contributed by atoms with E-state index in [1.807, 2.05) is 18.2 Å². The van der Waals surface area contributed by atoms with Gasteiger partial charge in [-0.1, -0.05) is 24.3 Å². The number of nitrogens with two attached hydrogens (primary N) is 1. The zero-order chi connectivity index (χ0) is 20.7. The summed E-state index contributed by atoms with van der Waals surface area (Å²) in [6, 6.07) is 12.9. The van der Waals surface area contributed by atoms with Crippen molar-refractivity contribution in [2.75, 3.05) is 6.61 Å². The minimum absolute atomic E-state index is 0.0262. The molecule has 6 nitrogen and oxygen atoms in total. The molecule has 1 unspecified atom stereocenters. The first-order valence-corrected chi connectivity index (χ1v) is 9.15. The van der Waals surface area contributed by atoms with Gasteiger partial charge in [0.2, 0.25) is 5.88 Å². The minimum Gasteiger partial charge on any atom is -0.462 e. The van der Waals surface area contributed by atoms with Crippen molar-refractivity contribution in [3.05, 3.63) is 87.3 Å². The van der Waals surface area contributed by atoms with E-state index in [0.717, 1.165) is 0 Å². The van der Waals surface area contributed by atoms with Crippen LogP contribution in [-0.4, -0.2) is 17.1 Å². The third-order valence-corrected chi connectivity index (χ3v) is 5.04. The van der Waals surface area contributed by atoms with Gasteiger partial charge in [-0.2, -0.15) is 0 Å². The molecule has 1 atom stereocenters. The number of esters is 1. The van der Waals surface area contributed by atoms with E-state index in [0.29, 0.717) is 22.2 Å². The molecule has 1 aliphatic rings. The lowest BCUT2D eigenvalue weighted by Gasteiger charge is -2.29. The van der Waals surface area contributed by atoms with Crippen molar-refractivity contribution in [2.45, 2.75) is 12.8 Å². The Labute approximate surface area is 166 Å².